The quantitative estimate of drug-likeness (QED) is 0.254. The summed E-state index contributed by atoms with van der Waals surface area (Å²) in [6.07, 6.45) is 1.75. The number of halogens is 2. The Morgan fingerprint density at radius 3 is 2.61 bits per heavy atom. The largest absolute Gasteiger partial charge is 0.325 e. The molecule has 1 amide bonds. The maximum atomic E-state index is 12.5. The summed E-state index contributed by atoms with van der Waals surface area (Å²) in [6.45, 7) is 4.30. The van der Waals surface area contributed by atoms with Crippen molar-refractivity contribution in [1.82, 2.24) is 14.8 Å². The Hall–Kier alpha value is -2.80. The molecule has 0 radical (unpaired) electrons. The Bertz CT molecular complexity index is 1270. The first-order chi connectivity index (χ1) is 15.0. The van der Waals surface area contributed by atoms with Crippen LogP contribution in [0.2, 0.25) is 10.0 Å². The number of anilines is 1. The lowest BCUT2D eigenvalue weighted by Crippen LogP contribution is -2.14. The fourth-order valence-electron chi connectivity index (χ4n) is 3.13. The summed E-state index contributed by atoms with van der Waals surface area (Å²) in [5.74, 6) is 0.712. The van der Waals surface area contributed by atoms with Crippen LogP contribution in [-0.4, -0.2) is 26.4 Å². The number of hydrogen-bond acceptors (Lipinski definition) is 4. The molecule has 0 aliphatic carbocycles. The van der Waals surface area contributed by atoms with Gasteiger partial charge >= 0.3 is 0 Å². The van der Waals surface area contributed by atoms with Gasteiger partial charge in [0.25, 0.3) is 0 Å². The normalized spacial score (nSPS) is 10.9. The van der Waals surface area contributed by atoms with Gasteiger partial charge in [-0.05, 0) is 41.1 Å². The summed E-state index contributed by atoms with van der Waals surface area (Å²) < 4.78 is 1.89. The first-order valence-electron chi connectivity index (χ1n) is 9.46. The lowest BCUT2D eigenvalue weighted by atomic mass is 10.1. The van der Waals surface area contributed by atoms with Crippen LogP contribution >= 0.6 is 35.0 Å². The molecule has 0 spiro atoms. The fraction of sp³-hybridized carbons (Fsp3) is 0.0870. The molecule has 0 atom stereocenters. The Balaban J connectivity index is 1.48. The molecule has 0 unspecified atom stereocenters. The van der Waals surface area contributed by atoms with Crippen molar-refractivity contribution in [3.8, 4) is 11.4 Å². The molecule has 3 aromatic carbocycles. The number of nitrogens with one attached hydrogen (secondary N) is 1. The molecule has 31 heavy (non-hydrogen) atoms. The molecule has 8 heteroatoms. The zero-order chi connectivity index (χ0) is 21.8. The number of carbonyl (C=O) groups excluding carboxylic acids is 1. The minimum absolute atomic E-state index is 0.121. The number of aromatic nitrogens is 3. The van der Waals surface area contributed by atoms with Gasteiger partial charge in [0.15, 0.2) is 11.0 Å². The maximum absolute atomic E-state index is 12.5. The van der Waals surface area contributed by atoms with Crippen LogP contribution in [0.1, 0.15) is 0 Å². The topological polar surface area (TPSA) is 59.8 Å². The van der Waals surface area contributed by atoms with Crippen molar-refractivity contribution in [2.24, 2.45) is 0 Å². The SMILES string of the molecule is C=CCn1c(SCC(=O)Nc2ccc3ccccc3c2)nnc1-c1ccc(Cl)c(Cl)c1. The van der Waals surface area contributed by atoms with Crippen LogP contribution in [-0.2, 0) is 11.3 Å². The Kier molecular flexibility index (Phi) is 6.61. The Morgan fingerprint density at radius 1 is 1.03 bits per heavy atom. The van der Waals surface area contributed by atoms with Gasteiger partial charge in [-0.1, -0.05) is 71.4 Å². The molecule has 0 aliphatic rings. The highest BCUT2D eigenvalue weighted by molar-refractivity contribution is 7.99. The molecule has 0 fully saturated rings. The van der Waals surface area contributed by atoms with E-state index in [0.717, 1.165) is 22.0 Å². The van der Waals surface area contributed by atoms with Crippen molar-refractivity contribution in [1.29, 1.82) is 0 Å². The summed E-state index contributed by atoms with van der Waals surface area (Å²) in [6, 6.07) is 19.2. The van der Waals surface area contributed by atoms with E-state index in [9.17, 15) is 4.79 Å². The Labute approximate surface area is 194 Å². The zero-order valence-electron chi connectivity index (χ0n) is 16.4. The van der Waals surface area contributed by atoms with Gasteiger partial charge in [-0.15, -0.1) is 16.8 Å². The molecule has 0 saturated carbocycles. The summed E-state index contributed by atoms with van der Waals surface area (Å²) in [4.78, 5) is 12.5. The monoisotopic (exact) mass is 468 g/mol. The van der Waals surface area contributed by atoms with Gasteiger partial charge in [-0.25, -0.2) is 0 Å². The van der Waals surface area contributed by atoms with Gasteiger partial charge in [0.2, 0.25) is 5.91 Å². The molecule has 0 aliphatic heterocycles. The standard InChI is InChI=1S/C23H18Cl2N4OS/c1-2-11-29-22(17-8-10-19(24)20(25)13-17)27-28-23(29)31-14-21(30)26-18-9-7-15-5-3-4-6-16(15)12-18/h2-10,12-13H,1,11,14H2,(H,26,30). The highest BCUT2D eigenvalue weighted by Gasteiger charge is 2.16. The van der Waals surface area contributed by atoms with Crippen LogP contribution in [0, 0.1) is 0 Å². The van der Waals surface area contributed by atoms with Crippen LogP contribution in [0.25, 0.3) is 22.2 Å². The van der Waals surface area contributed by atoms with E-state index in [2.05, 4.69) is 22.1 Å². The highest BCUT2D eigenvalue weighted by atomic mass is 35.5. The smallest absolute Gasteiger partial charge is 0.234 e. The second-order valence-corrected chi connectivity index (χ2v) is 8.49. The van der Waals surface area contributed by atoms with Gasteiger partial charge < -0.3 is 5.32 Å². The van der Waals surface area contributed by atoms with Crippen molar-refractivity contribution >= 4 is 57.3 Å². The molecule has 1 aromatic heterocycles. The molecule has 4 rings (SSSR count). The van der Waals surface area contributed by atoms with E-state index in [4.69, 9.17) is 23.2 Å². The van der Waals surface area contributed by atoms with Crippen molar-refractivity contribution in [2.75, 3.05) is 11.1 Å². The number of fused-ring (bicyclic) bond motifs is 1. The second kappa shape index (κ2) is 9.56. The number of amides is 1. The van der Waals surface area contributed by atoms with Gasteiger partial charge in [0.05, 0.1) is 15.8 Å². The number of carbonyl (C=O) groups is 1. The fourth-order valence-corrected chi connectivity index (χ4v) is 4.18. The molecular weight excluding hydrogens is 451 g/mol. The van der Waals surface area contributed by atoms with Crippen LogP contribution in [0.15, 0.2) is 78.5 Å². The predicted octanol–water partition coefficient (Wildman–Crippen LogP) is 6.32. The van der Waals surface area contributed by atoms with E-state index in [1.54, 1.807) is 18.2 Å². The summed E-state index contributed by atoms with van der Waals surface area (Å²) in [7, 11) is 0. The maximum Gasteiger partial charge on any atom is 0.234 e. The first-order valence-corrected chi connectivity index (χ1v) is 11.2. The van der Waals surface area contributed by atoms with Crippen LogP contribution < -0.4 is 5.32 Å². The van der Waals surface area contributed by atoms with Crippen LogP contribution in [0.3, 0.4) is 0 Å². The Morgan fingerprint density at radius 2 is 1.84 bits per heavy atom. The zero-order valence-corrected chi connectivity index (χ0v) is 18.7. The number of allylic oxidation sites excluding steroid dienone is 1. The number of nitrogens with zero attached hydrogens (tertiary/aromatic N) is 3. The van der Waals surface area contributed by atoms with Gasteiger partial charge in [0.1, 0.15) is 0 Å². The summed E-state index contributed by atoms with van der Waals surface area (Å²) in [5, 5.41) is 15.2. The lowest BCUT2D eigenvalue weighted by Gasteiger charge is -2.09. The third-order valence-corrected chi connectivity index (χ3v) is 6.28. The number of thioether (sulfide) groups is 1. The van der Waals surface area contributed by atoms with E-state index in [1.807, 2.05) is 53.1 Å². The average Bonchev–Trinajstić information content (AvgIpc) is 3.17. The molecule has 0 saturated heterocycles. The number of hydrogen-bond donors (Lipinski definition) is 1. The molecule has 1 N–H and O–H groups in total. The number of rotatable bonds is 7. The van der Waals surface area contributed by atoms with Gasteiger partial charge in [-0.2, -0.15) is 0 Å². The van der Waals surface area contributed by atoms with E-state index in [0.29, 0.717) is 27.6 Å². The van der Waals surface area contributed by atoms with E-state index < -0.39 is 0 Å². The predicted molar refractivity (Wildman–Crippen MR) is 129 cm³/mol. The molecule has 1 heterocycles. The van der Waals surface area contributed by atoms with Gasteiger partial charge in [0, 0.05) is 17.8 Å². The van der Waals surface area contributed by atoms with Crippen LogP contribution in [0.4, 0.5) is 5.69 Å². The lowest BCUT2D eigenvalue weighted by molar-refractivity contribution is -0.113. The van der Waals surface area contributed by atoms with E-state index in [1.165, 1.54) is 11.8 Å². The van der Waals surface area contributed by atoms with Crippen LogP contribution in [0.5, 0.6) is 0 Å². The average molecular weight is 469 g/mol. The van der Waals surface area contributed by atoms with E-state index in [-0.39, 0.29) is 11.7 Å². The first kappa shape index (κ1) is 21.4. The molecule has 4 aromatic rings. The molecule has 5 nitrogen and oxygen atoms in total. The minimum Gasteiger partial charge on any atom is -0.325 e. The summed E-state index contributed by atoms with van der Waals surface area (Å²) in [5.41, 5.74) is 1.55. The molecule has 156 valence electrons. The van der Waals surface area contributed by atoms with Crippen molar-refractivity contribution in [3.05, 3.63) is 83.4 Å². The van der Waals surface area contributed by atoms with Crippen molar-refractivity contribution < 1.29 is 4.79 Å². The summed E-state index contributed by atoms with van der Waals surface area (Å²) >= 11 is 13.5. The molecular formula is C23H18Cl2N4OS. The van der Waals surface area contributed by atoms with E-state index >= 15 is 0 Å². The van der Waals surface area contributed by atoms with Gasteiger partial charge in [-0.3, -0.25) is 9.36 Å². The minimum atomic E-state index is -0.121. The van der Waals surface area contributed by atoms with Crippen molar-refractivity contribution in [3.63, 3.8) is 0 Å². The second-order valence-electron chi connectivity index (χ2n) is 6.73. The third kappa shape index (κ3) is 4.93. The third-order valence-electron chi connectivity index (χ3n) is 4.57. The van der Waals surface area contributed by atoms with Crippen molar-refractivity contribution in [2.45, 2.75) is 11.7 Å². The molecule has 0 bridgehead atoms. The number of benzene rings is 3. The highest BCUT2D eigenvalue weighted by Crippen LogP contribution is 2.30.